The van der Waals surface area contributed by atoms with Crippen LogP contribution in [0.15, 0.2) is 54.6 Å². The summed E-state index contributed by atoms with van der Waals surface area (Å²) in [6.45, 7) is 0.460. The molecule has 0 aliphatic rings. The van der Waals surface area contributed by atoms with Crippen LogP contribution in [-0.2, 0) is 6.54 Å². The van der Waals surface area contributed by atoms with Gasteiger partial charge in [-0.1, -0.05) is 41.9 Å². The highest BCUT2D eigenvalue weighted by Gasteiger charge is 2.17. The first-order chi connectivity index (χ1) is 10.7. The number of hydrogen-bond donors (Lipinski definition) is 0. The number of carbonyl (C=O) groups excluding carboxylic acids is 1. The van der Waals surface area contributed by atoms with Gasteiger partial charge in [0.2, 0.25) is 0 Å². The number of halogens is 2. The third-order valence-corrected chi connectivity index (χ3v) is 3.64. The Morgan fingerprint density at radius 1 is 1.09 bits per heavy atom. The molecule has 0 N–H and O–H groups in total. The minimum atomic E-state index is -0.327. The third kappa shape index (κ3) is 2.78. The number of rotatable bonds is 4. The molecule has 3 aromatic rings. The SMILES string of the molecule is O=Cc1c(Cl)nc(-c2ccc(F)cc2)n1Cc1ccccc1. The van der Waals surface area contributed by atoms with Crippen LogP contribution in [0.2, 0.25) is 5.15 Å². The van der Waals surface area contributed by atoms with E-state index in [9.17, 15) is 9.18 Å². The molecule has 1 heterocycles. The maximum Gasteiger partial charge on any atom is 0.169 e. The number of hydrogen-bond acceptors (Lipinski definition) is 2. The zero-order valence-electron chi connectivity index (χ0n) is 11.5. The highest BCUT2D eigenvalue weighted by Crippen LogP contribution is 2.26. The standard InChI is InChI=1S/C17H12ClFN2O/c18-16-15(11-22)21(10-12-4-2-1-3-5-12)17(20-16)13-6-8-14(19)9-7-13/h1-9,11H,10H2. The lowest BCUT2D eigenvalue weighted by Gasteiger charge is -2.10. The number of imidazole rings is 1. The summed E-state index contributed by atoms with van der Waals surface area (Å²) in [6.07, 6.45) is 0.686. The number of nitrogens with zero attached hydrogens (tertiary/aromatic N) is 2. The first-order valence-electron chi connectivity index (χ1n) is 6.70. The third-order valence-electron chi connectivity index (χ3n) is 3.36. The van der Waals surface area contributed by atoms with Crippen molar-refractivity contribution in [2.45, 2.75) is 6.54 Å². The van der Waals surface area contributed by atoms with Crippen molar-refractivity contribution in [1.82, 2.24) is 9.55 Å². The van der Waals surface area contributed by atoms with Crippen molar-refractivity contribution >= 4 is 17.9 Å². The Labute approximate surface area is 132 Å². The number of aromatic nitrogens is 2. The van der Waals surface area contributed by atoms with E-state index < -0.39 is 0 Å². The van der Waals surface area contributed by atoms with E-state index in [-0.39, 0.29) is 11.0 Å². The molecule has 3 rings (SSSR count). The van der Waals surface area contributed by atoms with Gasteiger partial charge >= 0.3 is 0 Å². The molecule has 0 aliphatic carbocycles. The van der Waals surface area contributed by atoms with Gasteiger partial charge < -0.3 is 4.57 Å². The van der Waals surface area contributed by atoms with Gasteiger partial charge in [-0.3, -0.25) is 4.79 Å². The largest absolute Gasteiger partial charge is 0.316 e. The lowest BCUT2D eigenvalue weighted by Crippen LogP contribution is -2.06. The maximum absolute atomic E-state index is 13.1. The molecule has 0 saturated heterocycles. The minimum Gasteiger partial charge on any atom is -0.316 e. The molecule has 0 fully saturated rings. The van der Waals surface area contributed by atoms with E-state index in [0.29, 0.717) is 29.9 Å². The summed E-state index contributed by atoms with van der Waals surface area (Å²) in [6, 6.07) is 15.6. The van der Waals surface area contributed by atoms with Crippen molar-refractivity contribution in [2.75, 3.05) is 0 Å². The van der Waals surface area contributed by atoms with Crippen LogP contribution < -0.4 is 0 Å². The molecule has 5 heteroatoms. The first kappa shape index (κ1) is 14.5. The molecule has 1 aromatic heterocycles. The number of aldehydes is 1. The molecule has 2 aromatic carbocycles. The Hall–Kier alpha value is -2.46. The summed E-state index contributed by atoms with van der Waals surface area (Å²) in [5.74, 6) is 0.211. The molecule has 3 nitrogen and oxygen atoms in total. The fourth-order valence-electron chi connectivity index (χ4n) is 2.29. The predicted octanol–water partition coefficient (Wildman–Crippen LogP) is 4.20. The van der Waals surface area contributed by atoms with Gasteiger partial charge in [-0.25, -0.2) is 9.37 Å². The van der Waals surface area contributed by atoms with Crippen LogP contribution in [0.25, 0.3) is 11.4 Å². The molecular weight excluding hydrogens is 303 g/mol. The molecule has 0 atom stereocenters. The predicted molar refractivity (Wildman–Crippen MR) is 83.6 cm³/mol. The van der Waals surface area contributed by atoms with Crippen LogP contribution in [0.1, 0.15) is 16.1 Å². The molecule has 22 heavy (non-hydrogen) atoms. The van der Waals surface area contributed by atoms with E-state index >= 15 is 0 Å². The maximum atomic E-state index is 13.1. The van der Waals surface area contributed by atoms with Gasteiger partial charge in [0.25, 0.3) is 0 Å². The Kier molecular flexibility index (Phi) is 4.02. The molecule has 0 saturated carbocycles. The second-order valence-corrected chi connectivity index (χ2v) is 5.17. The zero-order valence-corrected chi connectivity index (χ0v) is 12.3. The molecule has 110 valence electrons. The number of carbonyl (C=O) groups is 1. The van der Waals surface area contributed by atoms with Gasteiger partial charge in [0.05, 0.1) is 0 Å². The van der Waals surface area contributed by atoms with Crippen LogP contribution in [0.5, 0.6) is 0 Å². The Morgan fingerprint density at radius 3 is 2.41 bits per heavy atom. The molecule has 0 spiro atoms. The quantitative estimate of drug-likeness (QED) is 0.676. The lowest BCUT2D eigenvalue weighted by molar-refractivity contribution is 0.111. The molecule has 0 radical (unpaired) electrons. The van der Waals surface area contributed by atoms with E-state index in [1.165, 1.54) is 12.1 Å². The average molecular weight is 315 g/mol. The molecule has 0 amide bonds. The molecule has 0 unspecified atom stereocenters. The van der Waals surface area contributed by atoms with E-state index in [1.54, 1.807) is 16.7 Å². The molecule has 0 aliphatic heterocycles. The fraction of sp³-hybridized carbons (Fsp3) is 0.0588. The summed E-state index contributed by atoms with van der Waals surface area (Å²) < 4.78 is 14.8. The van der Waals surface area contributed by atoms with Crippen LogP contribution in [0.3, 0.4) is 0 Å². The Bertz CT molecular complexity index is 798. The second kappa shape index (κ2) is 6.12. The monoisotopic (exact) mass is 314 g/mol. The zero-order chi connectivity index (χ0) is 15.5. The minimum absolute atomic E-state index is 0.144. The summed E-state index contributed by atoms with van der Waals surface area (Å²) in [5, 5.41) is 0.144. The van der Waals surface area contributed by atoms with Crippen molar-refractivity contribution < 1.29 is 9.18 Å². The van der Waals surface area contributed by atoms with E-state index in [4.69, 9.17) is 11.6 Å². The van der Waals surface area contributed by atoms with E-state index in [1.807, 2.05) is 30.3 Å². The fourth-order valence-corrected chi connectivity index (χ4v) is 2.52. The van der Waals surface area contributed by atoms with Crippen LogP contribution >= 0.6 is 11.6 Å². The molecule has 0 bridgehead atoms. The second-order valence-electron chi connectivity index (χ2n) is 4.81. The first-order valence-corrected chi connectivity index (χ1v) is 7.08. The van der Waals surface area contributed by atoms with Gasteiger partial charge in [0.1, 0.15) is 17.3 Å². The van der Waals surface area contributed by atoms with Crippen LogP contribution in [-0.4, -0.2) is 15.8 Å². The van der Waals surface area contributed by atoms with Crippen molar-refractivity contribution in [2.24, 2.45) is 0 Å². The van der Waals surface area contributed by atoms with Crippen molar-refractivity contribution in [3.05, 3.63) is 76.8 Å². The van der Waals surface area contributed by atoms with Gasteiger partial charge in [-0.05, 0) is 29.8 Å². The highest BCUT2D eigenvalue weighted by molar-refractivity contribution is 6.31. The summed E-state index contributed by atoms with van der Waals surface area (Å²) >= 11 is 6.06. The lowest BCUT2D eigenvalue weighted by atomic mass is 10.2. The van der Waals surface area contributed by atoms with Gasteiger partial charge in [-0.15, -0.1) is 0 Å². The summed E-state index contributed by atoms with van der Waals surface area (Å²) in [5.41, 5.74) is 2.03. The van der Waals surface area contributed by atoms with Crippen molar-refractivity contribution in [1.29, 1.82) is 0 Å². The van der Waals surface area contributed by atoms with Gasteiger partial charge in [0, 0.05) is 12.1 Å². The van der Waals surface area contributed by atoms with Gasteiger partial charge in [0.15, 0.2) is 11.4 Å². The summed E-state index contributed by atoms with van der Waals surface area (Å²) in [4.78, 5) is 15.6. The normalized spacial score (nSPS) is 10.6. The van der Waals surface area contributed by atoms with Crippen molar-refractivity contribution in [3.63, 3.8) is 0 Å². The van der Waals surface area contributed by atoms with Crippen LogP contribution in [0.4, 0.5) is 4.39 Å². The Morgan fingerprint density at radius 2 is 1.77 bits per heavy atom. The summed E-state index contributed by atoms with van der Waals surface area (Å²) in [7, 11) is 0. The smallest absolute Gasteiger partial charge is 0.169 e. The van der Waals surface area contributed by atoms with Crippen molar-refractivity contribution in [3.8, 4) is 11.4 Å². The topological polar surface area (TPSA) is 34.9 Å². The average Bonchev–Trinajstić information content (AvgIpc) is 2.85. The van der Waals surface area contributed by atoms with E-state index in [2.05, 4.69) is 4.98 Å². The Balaban J connectivity index is 2.10. The van der Waals surface area contributed by atoms with Crippen LogP contribution in [0, 0.1) is 5.82 Å². The van der Waals surface area contributed by atoms with Gasteiger partial charge in [-0.2, -0.15) is 0 Å². The molecular formula is C17H12ClFN2O. The highest BCUT2D eigenvalue weighted by atomic mass is 35.5. The number of benzene rings is 2. The van der Waals surface area contributed by atoms with E-state index in [0.717, 1.165) is 5.56 Å².